The second-order valence-corrected chi connectivity index (χ2v) is 9.05. The van der Waals surface area contributed by atoms with Crippen molar-refractivity contribution in [2.45, 2.75) is 39.9 Å². The molecule has 0 radical (unpaired) electrons. The summed E-state index contributed by atoms with van der Waals surface area (Å²) in [5, 5.41) is 15.7. The summed E-state index contributed by atoms with van der Waals surface area (Å²) in [7, 11) is 0. The molecular weight excluding hydrogens is 479 g/mol. The predicted octanol–water partition coefficient (Wildman–Crippen LogP) is 2.80. The minimum atomic E-state index is -0.318. The second-order valence-electron chi connectivity index (χ2n) is 8.31. The van der Waals surface area contributed by atoms with Crippen molar-refractivity contribution < 1.29 is 5.21 Å². The smallest absolute Gasteiger partial charge is 0.330 e. The molecule has 0 spiro atoms. The van der Waals surface area contributed by atoms with Gasteiger partial charge in [0.1, 0.15) is 5.52 Å². The van der Waals surface area contributed by atoms with Gasteiger partial charge in [0.2, 0.25) is 5.95 Å². The normalized spacial score (nSPS) is 14.7. The maximum Gasteiger partial charge on any atom is 0.330 e. The molecule has 3 aromatic heterocycles. The van der Waals surface area contributed by atoms with E-state index in [0.717, 1.165) is 30.1 Å². The number of nitrogens with two attached hydrogens (primary N) is 1. The third-order valence-electron chi connectivity index (χ3n) is 5.92. The average Bonchev–Trinajstić information content (AvgIpc) is 3.39. The van der Waals surface area contributed by atoms with Gasteiger partial charge in [-0.1, -0.05) is 23.2 Å². The molecule has 0 aromatic carbocycles. The molecule has 4 rings (SSSR count). The summed E-state index contributed by atoms with van der Waals surface area (Å²) in [5.74, 6) is -0.0319. The quantitative estimate of drug-likeness (QED) is 0.301. The van der Waals surface area contributed by atoms with Crippen LogP contribution >= 0.6 is 23.2 Å². The summed E-state index contributed by atoms with van der Waals surface area (Å²) in [5.41, 5.74) is 8.28. The molecule has 4 N–H and O–H groups in total. The molecule has 4 heterocycles. The summed E-state index contributed by atoms with van der Waals surface area (Å²) in [6.45, 7) is 6.63. The highest BCUT2D eigenvalue weighted by Crippen LogP contribution is 2.30. The summed E-state index contributed by atoms with van der Waals surface area (Å²) in [6, 6.07) is 4.00. The third kappa shape index (κ3) is 4.85. The molecule has 1 aliphatic rings. The van der Waals surface area contributed by atoms with Gasteiger partial charge in [0.25, 0.3) is 0 Å². The Morgan fingerprint density at radius 3 is 2.59 bits per heavy atom. The molecule has 3 aromatic rings. The van der Waals surface area contributed by atoms with Crippen LogP contribution in [0.3, 0.4) is 0 Å². The van der Waals surface area contributed by atoms with Crippen molar-refractivity contribution in [1.29, 1.82) is 0 Å². The number of hydrogen-bond acceptors (Lipinski definition) is 7. The molecule has 0 aliphatic carbocycles. The molecule has 0 saturated heterocycles. The maximum atomic E-state index is 13.4. The van der Waals surface area contributed by atoms with Crippen LogP contribution in [0, 0.1) is 0 Å². The molecular formula is C22H28Cl2N8O2. The lowest BCUT2D eigenvalue weighted by Crippen LogP contribution is -2.33. The number of imidazole rings is 1. The van der Waals surface area contributed by atoms with Crippen LogP contribution in [0.15, 0.2) is 51.2 Å². The summed E-state index contributed by atoms with van der Waals surface area (Å²) in [4.78, 5) is 21.7. The molecule has 0 amide bonds. The van der Waals surface area contributed by atoms with E-state index in [1.54, 1.807) is 4.57 Å². The number of aryl methyl sites for hydroxylation is 1. The van der Waals surface area contributed by atoms with Crippen molar-refractivity contribution in [3.8, 4) is 0 Å². The average molecular weight is 507 g/mol. The molecule has 0 fully saturated rings. The second kappa shape index (κ2) is 10.2. The van der Waals surface area contributed by atoms with Crippen LogP contribution in [0.4, 0.5) is 5.95 Å². The molecule has 0 unspecified atom stereocenters. The zero-order valence-electron chi connectivity index (χ0n) is 19.1. The van der Waals surface area contributed by atoms with Crippen molar-refractivity contribution in [1.82, 2.24) is 34.0 Å². The van der Waals surface area contributed by atoms with Crippen molar-refractivity contribution in [3.05, 3.63) is 62.0 Å². The van der Waals surface area contributed by atoms with Crippen LogP contribution in [-0.4, -0.2) is 53.6 Å². The van der Waals surface area contributed by atoms with E-state index in [4.69, 9.17) is 28.9 Å². The first-order valence-corrected chi connectivity index (χ1v) is 11.8. The Bertz CT molecular complexity index is 1310. The standard InChI is InChI=1S/C22H28Cl2N8O2/c1-14-12-32(34)16(15(2)17(14)23)13-31-20-18(19(24)27-21(25)28-20)30(22(31)33)11-7-26-6-5-10-29-8-3-4-9-29/h3-4,8-9,26,34H,5-7,10-13H2,1-2H3,(H2,25,27,28). The monoisotopic (exact) mass is 506 g/mol. The zero-order valence-corrected chi connectivity index (χ0v) is 20.6. The third-order valence-corrected chi connectivity index (χ3v) is 6.79. The van der Waals surface area contributed by atoms with Crippen molar-refractivity contribution in [3.63, 3.8) is 0 Å². The van der Waals surface area contributed by atoms with E-state index in [1.807, 2.05) is 38.4 Å². The number of allylic oxidation sites excluding steroid dienone is 3. The van der Waals surface area contributed by atoms with E-state index >= 15 is 0 Å². The number of nitrogen functional groups attached to an aromatic ring is 1. The Hall–Kier alpha value is -2.79. The number of nitrogens with zero attached hydrogens (tertiary/aromatic N) is 6. The highest BCUT2D eigenvalue weighted by molar-refractivity contribution is 6.33. The fourth-order valence-corrected chi connectivity index (χ4v) is 4.58. The van der Waals surface area contributed by atoms with Gasteiger partial charge in [-0.15, -0.1) is 0 Å². The molecule has 10 nitrogen and oxygen atoms in total. The van der Waals surface area contributed by atoms with Crippen molar-refractivity contribution in [2.75, 3.05) is 25.4 Å². The van der Waals surface area contributed by atoms with Gasteiger partial charge in [0, 0.05) is 37.1 Å². The van der Waals surface area contributed by atoms with Gasteiger partial charge in [0.15, 0.2) is 10.8 Å². The Morgan fingerprint density at radius 2 is 1.85 bits per heavy atom. The van der Waals surface area contributed by atoms with E-state index in [9.17, 15) is 10.0 Å². The van der Waals surface area contributed by atoms with E-state index < -0.39 is 0 Å². The van der Waals surface area contributed by atoms with Crippen molar-refractivity contribution >= 4 is 40.3 Å². The first-order chi connectivity index (χ1) is 16.3. The van der Waals surface area contributed by atoms with Gasteiger partial charge in [-0.25, -0.2) is 4.79 Å². The fraction of sp³-hybridized carbons (Fsp3) is 0.409. The number of hydroxylamine groups is 2. The summed E-state index contributed by atoms with van der Waals surface area (Å²) >= 11 is 12.8. The van der Waals surface area contributed by atoms with Crippen LogP contribution in [-0.2, 0) is 19.6 Å². The number of halogens is 2. The zero-order chi connectivity index (χ0) is 24.4. The number of aromatic nitrogens is 5. The molecule has 0 atom stereocenters. The topological polar surface area (TPSA) is 119 Å². The van der Waals surface area contributed by atoms with Crippen LogP contribution < -0.4 is 16.7 Å². The van der Waals surface area contributed by atoms with E-state index in [2.05, 4.69) is 19.9 Å². The highest BCUT2D eigenvalue weighted by Gasteiger charge is 2.25. The molecule has 0 bridgehead atoms. The summed E-state index contributed by atoms with van der Waals surface area (Å²) < 4.78 is 5.11. The molecule has 34 heavy (non-hydrogen) atoms. The maximum absolute atomic E-state index is 13.4. The predicted molar refractivity (Wildman–Crippen MR) is 133 cm³/mol. The number of fused-ring (bicyclic) bond motifs is 1. The summed E-state index contributed by atoms with van der Waals surface area (Å²) in [6.07, 6.45) is 5.02. The molecule has 1 aliphatic heterocycles. The number of rotatable bonds is 9. The molecule has 182 valence electrons. The van der Waals surface area contributed by atoms with Gasteiger partial charge >= 0.3 is 5.69 Å². The van der Waals surface area contributed by atoms with Crippen molar-refractivity contribution in [2.24, 2.45) is 0 Å². The minimum Gasteiger partial charge on any atom is -0.368 e. The lowest BCUT2D eigenvalue weighted by atomic mass is 10.1. The van der Waals surface area contributed by atoms with Gasteiger partial charge in [-0.2, -0.15) is 9.97 Å². The Balaban J connectivity index is 1.57. The largest absolute Gasteiger partial charge is 0.368 e. The van der Waals surface area contributed by atoms with Gasteiger partial charge in [-0.05, 0) is 50.1 Å². The first kappa shape index (κ1) is 24.3. The van der Waals surface area contributed by atoms with E-state index in [0.29, 0.717) is 40.6 Å². The lowest BCUT2D eigenvalue weighted by Gasteiger charge is -2.28. The van der Waals surface area contributed by atoms with E-state index in [-0.39, 0.29) is 29.9 Å². The van der Waals surface area contributed by atoms with E-state index in [1.165, 1.54) is 4.57 Å². The lowest BCUT2D eigenvalue weighted by molar-refractivity contribution is -0.0535. The minimum absolute atomic E-state index is 0.0319. The van der Waals surface area contributed by atoms with Crippen LogP contribution in [0.5, 0.6) is 0 Å². The Kier molecular flexibility index (Phi) is 7.32. The number of nitrogens with one attached hydrogen (secondary N) is 1. The first-order valence-electron chi connectivity index (χ1n) is 11.0. The van der Waals surface area contributed by atoms with Crippen LogP contribution in [0.2, 0.25) is 5.15 Å². The van der Waals surface area contributed by atoms with Gasteiger partial charge < -0.3 is 15.6 Å². The molecule has 0 saturated carbocycles. The van der Waals surface area contributed by atoms with Gasteiger partial charge in [-0.3, -0.25) is 19.4 Å². The number of anilines is 1. The SMILES string of the molecule is CC1=C(Cl)C(C)=C(Cn2c(=O)n(CCNCCCn3cccc3)c3c(Cl)nc(N)nc32)N(O)C1. The highest BCUT2D eigenvalue weighted by atomic mass is 35.5. The van der Waals surface area contributed by atoms with Crippen LogP contribution in [0.1, 0.15) is 20.3 Å². The van der Waals surface area contributed by atoms with Gasteiger partial charge in [0.05, 0.1) is 18.8 Å². The fourth-order valence-electron chi connectivity index (χ4n) is 4.14. The van der Waals surface area contributed by atoms with Crippen LogP contribution in [0.25, 0.3) is 11.2 Å². The Labute approximate surface area is 206 Å². The number of hydrogen-bond donors (Lipinski definition) is 3. The molecule has 12 heteroatoms. The Morgan fingerprint density at radius 1 is 1.12 bits per heavy atom.